The van der Waals surface area contributed by atoms with E-state index in [0.29, 0.717) is 21.6 Å². The third-order valence-corrected chi connectivity index (χ3v) is 5.32. The number of carbonyl (C=O) groups is 2. The Labute approximate surface area is 155 Å². The largest absolute Gasteiger partial charge is 0.448 e. The molecule has 3 aromatic heterocycles. The normalized spacial score (nSPS) is 10.9. The first kappa shape index (κ1) is 16.4. The van der Waals surface area contributed by atoms with E-state index in [-0.39, 0.29) is 12.2 Å². The number of nitrogens with one attached hydrogen (secondary N) is 1. The number of anilines is 1. The van der Waals surface area contributed by atoms with Crippen LogP contribution in [-0.4, -0.2) is 21.8 Å². The highest BCUT2D eigenvalue weighted by Gasteiger charge is 2.16. The SMILES string of the molecule is NC(=O)Cc1csc(NC(=O)c2ccc(-c3nc4ccccc4s3)o2)n1. The van der Waals surface area contributed by atoms with Gasteiger partial charge in [-0.05, 0) is 24.3 Å². The van der Waals surface area contributed by atoms with Crippen molar-refractivity contribution in [1.82, 2.24) is 9.97 Å². The molecular formula is C17H12N4O3S2. The minimum absolute atomic E-state index is 0.0366. The highest BCUT2D eigenvalue weighted by molar-refractivity contribution is 7.21. The molecule has 2 amide bonds. The molecule has 4 aromatic rings. The molecule has 1 aromatic carbocycles. The maximum absolute atomic E-state index is 12.3. The zero-order valence-electron chi connectivity index (χ0n) is 13.3. The first-order valence-electron chi connectivity index (χ1n) is 7.58. The van der Waals surface area contributed by atoms with Crippen LogP contribution in [0.15, 0.2) is 46.2 Å². The number of aromatic nitrogens is 2. The van der Waals surface area contributed by atoms with Gasteiger partial charge in [-0.3, -0.25) is 14.9 Å². The summed E-state index contributed by atoms with van der Waals surface area (Å²) in [5.74, 6) is -0.201. The molecule has 0 saturated carbocycles. The Morgan fingerprint density at radius 3 is 2.81 bits per heavy atom. The van der Waals surface area contributed by atoms with Crippen LogP contribution in [0, 0.1) is 0 Å². The van der Waals surface area contributed by atoms with Crippen molar-refractivity contribution in [1.29, 1.82) is 0 Å². The van der Waals surface area contributed by atoms with Crippen molar-refractivity contribution in [2.75, 3.05) is 5.32 Å². The number of hydrogen-bond donors (Lipinski definition) is 2. The summed E-state index contributed by atoms with van der Waals surface area (Å²) in [5, 5.41) is 5.41. The monoisotopic (exact) mass is 384 g/mol. The van der Waals surface area contributed by atoms with Crippen LogP contribution >= 0.6 is 22.7 Å². The molecule has 0 aliphatic heterocycles. The molecular weight excluding hydrogens is 372 g/mol. The molecule has 0 saturated heterocycles. The number of para-hydroxylation sites is 1. The van der Waals surface area contributed by atoms with Crippen molar-refractivity contribution in [3.63, 3.8) is 0 Å². The first-order valence-corrected chi connectivity index (χ1v) is 9.28. The van der Waals surface area contributed by atoms with Crippen molar-refractivity contribution >= 4 is 49.8 Å². The zero-order valence-corrected chi connectivity index (χ0v) is 14.9. The Bertz CT molecular complexity index is 1080. The highest BCUT2D eigenvalue weighted by atomic mass is 32.1. The van der Waals surface area contributed by atoms with Gasteiger partial charge in [0.15, 0.2) is 21.7 Å². The Hall–Kier alpha value is -3.04. The molecule has 0 spiro atoms. The van der Waals surface area contributed by atoms with E-state index in [1.165, 1.54) is 22.7 Å². The Morgan fingerprint density at radius 1 is 1.15 bits per heavy atom. The van der Waals surface area contributed by atoms with Gasteiger partial charge in [0.05, 0.1) is 22.3 Å². The molecule has 7 nitrogen and oxygen atoms in total. The summed E-state index contributed by atoms with van der Waals surface area (Å²) in [6.45, 7) is 0. The van der Waals surface area contributed by atoms with Crippen LogP contribution in [-0.2, 0) is 11.2 Å². The summed E-state index contributed by atoms with van der Waals surface area (Å²) in [5.41, 5.74) is 6.54. The average Bonchev–Trinajstić information content (AvgIpc) is 3.32. The summed E-state index contributed by atoms with van der Waals surface area (Å²) in [6, 6.07) is 11.1. The number of nitrogens with zero attached hydrogens (tertiary/aromatic N) is 2. The second-order valence-corrected chi connectivity index (χ2v) is 7.28. The topological polar surface area (TPSA) is 111 Å². The fraction of sp³-hybridized carbons (Fsp3) is 0.0588. The van der Waals surface area contributed by atoms with E-state index >= 15 is 0 Å². The lowest BCUT2D eigenvalue weighted by Gasteiger charge is -1.97. The predicted molar refractivity (Wildman–Crippen MR) is 100 cm³/mol. The number of rotatable bonds is 5. The molecule has 0 fully saturated rings. The van der Waals surface area contributed by atoms with Crippen molar-refractivity contribution in [3.8, 4) is 10.8 Å². The van der Waals surface area contributed by atoms with Crippen LogP contribution in [0.3, 0.4) is 0 Å². The lowest BCUT2D eigenvalue weighted by atomic mass is 10.3. The second kappa shape index (κ2) is 6.70. The molecule has 0 unspecified atom stereocenters. The van der Waals surface area contributed by atoms with E-state index in [4.69, 9.17) is 10.2 Å². The number of carbonyl (C=O) groups excluding carboxylic acids is 2. The Balaban J connectivity index is 1.51. The van der Waals surface area contributed by atoms with Crippen molar-refractivity contribution in [2.24, 2.45) is 5.73 Å². The molecule has 0 aliphatic carbocycles. The first-order chi connectivity index (χ1) is 12.6. The summed E-state index contributed by atoms with van der Waals surface area (Å²) >= 11 is 2.72. The van der Waals surface area contributed by atoms with E-state index in [2.05, 4.69) is 15.3 Å². The van der Waals surface area contributed by atoms with Gasteiger partial charge in [-0.15, -0.1) is 22.7 Å². The summed E-state index contributed by atoms with van der Waals surface area (Å²) in [7, 11) is 0. The third-order valence-electron chi connectivity index (χ3n) is 3.46. The maximum atomic E-state index is 12.3. The minimum Gasteiger partial charge on any atom is -0.448 e. The van der Waals surface area contributed by atoms with E-state index < -0.39 is 11.8 Å². The lowest BCUT2D eigenvalue weighted by Crippen LogP contribution is -2.14. The van der Waals surface area contributed by atoms with Gasteiger partial charge < -0.3 is 10.2 Å². The van der Waals surface area contributed by atoms with Crippen molar-refractivity contribution in [3.05, 3.63) is 53.2 Å². The van der Waals surface area contributed by atoms with Crippen LogP contribution in [0.2, 0.25) is 0 Å². The molecule has 26 heavy (non-hydrogen) atoms. The summed E-state index contributed by atoms with van der Waals surface area (Å²) < 4.78 is 6.69. The number of thiazole rings is 2. The molecule has 3 heterocycles. The summed E-state index contributed by atoms with van der Waals surface area (Å²) in [6.07, 6.45) is 0.0366. The molecule has 3 N–H and O–H groups in total. The Morgan fingerprint density at radius 2 is 2.00 bits per heavy atom. The number of benzene rings is 1. The third kappa shape index (κ3) is 3.35. The standard InChI is InChI=1S/C17H12N4O3S2/c18-14(22)7-9-8-25-17(19-9)21-15(23)11-5-6-12(24-11)16-20-10-3-1-2-4-13(10)26-16/h1-6,8H,7H2,(H2,18,22)(H,19,21,23). The molecule has 4 rings (SSSR count). The predicted octanol–water partition coefficient (Wildman–Crippen LogP) is 3.29. The number of fused-ring (bicyclic) bond motifs is 1. The highest BCUT2D eigenvalue weighted by Crippen LogP contribution is 2.31. The van der Waals surface area contributed by atoms with Gasteiger partial charge in [0.25, 0.3) is 5.91 Å². The molecule has 0 bridgehead atoms. The van der Waals surface area contributed by atoms with Crippen LogP contribution in [0.5, 0.6) is 0 Å². The van der Waals surface area contributed by atoms with Gasteiger partial charge in [-0.1, -0.05) is 12.1 Å². The van der Waals surface area contributed by atoms with Gasteiger partial charge in [0.1, 0.15) is 0 Å². The van der Waals surface area contributed by atoms with Crippen LogP contribution in [0.25, 0.3) is 21.0 Å². The molecule has 0 atom stereocenters. The van der Waals surface area contributed by atoms with Crippen LogP contribution in [0.1, 0.15) is 16.2 Å². The lowest BCUT2D eigenvalue weighted by molar-refractivity contribution is -0.117. The fourth-order valence-electron chi connectivity index (χ4n) is 2.34. The number of furan rings is 1. The molecule has 0 aliphatic rings. The molecule has 9 heteroatoms. The number of hydrogen-bond acceptors (Lipinski definition) is 7. The number of amides is 2. The Kier molecular flexibility index (Phi) is 4.23. The van der Waals surface area contributed by atoms with Crippen molar-refractivity contribution in [2.45, 2.75) is 6.42 Å². The smallest absolute Gasteiger partial charge is 0.293 e. The zero-order chi connectivity index (χ0) is 18.1. The van der Waals surface area contributed by atoms with E-state index in [1.807, 2.05) is 24.3 Å². The second-order valence-electron chi connectivity index (χ2n) is 5.39. The van der Waals surface area contributed by atoms with E-state index in [1.54, 1.807) is 17.5 Å². The van der Waals surface area contributed by atoms with Gasteiger partial charge in [0, 0.05) is 5.38 Å². The van der Waals surface area contributed by atoms with Gasteiger partial charge in [0.2, 0.25) is 5.91 Å². The quantitative estimate of drug-likeness (QED) is 0.548. The van der Waals surface area contributed by atoms with Crippen LogP contribution < -0.4 is 11.1 Å². The van der Waals surface area contributed by atoms with Gasteiger partial charge in [-0.2, -0.15) is 0 Å². The average molecular weight is 384 g/mol. The maximum Gasteiger partial charge on any atom is 0.293 e. The summed E-state index contributed by atoms with van der Waals surface area (Å²) in [4.78, 5) is 31.9. The molecule has 130 valence electrons. The van der Waals surface area contributed by atoms with Crippen LogP contribution in [0.4, 0.5) is 5.13 Å². The van der Waals surface area contributed by atoms with E-state index in [0.717, 1.165) is 10.2 Å². The fourth-order valence-corrected chi connectivity index (χ4v) is 3.97. The molecule has 0 radical (unpaired) electrons. The van der Waals surface area contributed by atoms with E-state index in [9.17, 15) is 9.59 Å². The minimum atomic E-state index is -0.473. The number of nitrogens with two attached hydrogens (primary N) is 1. The van der Waals surface area contributed by atoms with Gasteiger partial charge in [-0.25, -0.2) is 9.97 Å². The number of primary amides is 1. The van der Waals surface area contributed by atoms with Crippen molar-refractivity contribution < 1.29 is 14.0 Å². The van der Waals surface area contributed by atoms with Gasteiger partial charge >= 0.3 is 0 Å².